The van der Waals surface area contributed by atoms with Crippen LogP contribution in [0.1, 0.15) is 43.6 Å². The van der Waals surface area contributed by atoms with E-state index in [4.69, 9.17) is 25.5 Å². The summed E-state index contributed by atoms with van der Waals surface area (Å²) in [7, 11) is -1.31. The van der Waals surface area contributed by atoms with Crippen LogP contribution in [0.25, 0.3) is 0 Å². The smallest absolute Gasteiger partial charge is 0.342 e. The molecule has 0 radical (unpaired) electrons. The summed E-state index contributed by atoms with van der Waals surface area (Å²) in [5.41, 5.74) is 0.673. The summed E-state index contributed by atoms with van der Waals surface area (Å²) in [5, 5.41) is 21.8. The number of methoxy groups -OCH3 is 1. The Hall–Kier alpha value is -3.94. The quantitative estimate of drug-likeness (QED) is 0.171. The van der Waals surface area contributed by atoms with Gasteiger partial charge in [0.1, 0.15) is 28.9 Å². The first kappa shape index (κ1) is 30.0. The summed E-state index contributed by atoms with van der Waals surface area (Å²) in [5.74, 6) is -0.311. The van der Waals surface area contributed by atoms with Crippen LogP contribution in [0.2, 0.25) is 10.1 Å². The maximum absolute atomic E-state index is 12.8. The monoisotopic (exact) mass is 590 g/mol. The molecule has 0 fully saturated rings. The standard InChI is InChI=1S/C33H35ClO6Si/c1-22(39-32(37)26-20-27(34)29(36)21-28(26)35)19-23-13-12-18-30(31(23)38-5)40-41(33(2,3)4,24-14-8-6-9-15-24)25-16-10-7-11-17-25/h6-18,20-22,35-36H,19H2,1-5H3. The summed E-state index contributed by atoms with van der Waals surface area (Å²) >= 11 is 5.93. The van der Waals surface area contributed by atoms with Crippen LogP contribution in [-0.4, -0.2) is 37.7 Å². The largest absolute Gasteiger partial charge is 0.531 e. The number of aromatic hydroxyl groups is 2. The lowest BCUT2D eigenvalue weighted by molar-refractivity contribution is 0.0338. The molecular formula is C33H35ClO6Si. The van der Waals surface area contributed by atoms with E-state index in [1.807, 2.05) is 54.6 Å². The summed E-state index contributed by atoms with van der Waals surface area (Å²) in [6, 6.07) is 28.6. The summed E-state index contributed by atoms with van der Waals surface area (Å²) in [6.07, 6.45) is -0.245. The lowest BCUT2D eigenvalue weighted by Gasteiger charge is -2.43. The fourth-order valence-electron chi connectivity index (χ4n) is 5.16. The lowest BCUT2D eigenvalue weighted by atomic mass is 10.1. The molecule has 0 aliphatic carbocycles. The minimum absolute atomic E-state index is 0.0581. The number of esters is 1. The molecule has 0 bridgehead atoms. The summed E-state index contributed by atoms with van der Waals surface area (Å²) in [4.78, 5) is 12.8. The molecule has 0 amide bonds. The van der Waals surface area contributed by atoms with Gasteiger partial charge >= 0.3 is 14.3 Å². The Morgan fingerprint density at radius 2 is 1.46 bits per heavy atom. The van der Waals surface area contributed by atoms with Crippen molar-refractivity contribution >= 4 is 36.3 Å². The van der Waals surface area contributed by atoms with Crippen molar-refractivity contribution in [3.8, 4) is 23.0 Å². The topological polar surface area (TPSA) is 85.2 Å². The second kappa shape index (κ2) is 12.3. The van der Waals surface area contributed by atoms with E-state index in [1.165, 1.54) is 6.07 Å². The van der Waals surface area contributed by atoms with Crippen molar-refractivity contribution in [3.63, 3.8) is 0 Å². The average Bonchev–Trinajstić information content (AvgIpc) is 2.94. The Kier molecular flexibility index (Phi) is 9.00. The zero-order valence-electron chi connectivity index (χ0n) is 23.9. The summed E-state index contributed by atoms with van der Waals surface area (Å²) < 4.78 is 18.7. The van der Waals surface area contributed by atoms with E-state index < -0.39 is 26.1 Å². The first-order valence-electron chi connectivity index (χ1n) is 13.4. The molecule has 0 aromatic heterocycles. The third-order valence-corrected chi connectivity index (χ3v) is 12.3. The number of carbonyl (C=O) groups excluding carboxylic acids is 1. The number of hydrogen-bond acceptors (Lipinski definition) is 6. The molecule has 8 heteroatoms. The van der Waals surface area contributed by atoms with Gasteiger partial charge in [0.2, 0.25) is 0 Å². The zero-order chi connectivity index (χ0) is 29.8. The van der Waals surface area contributed by atoms with Crippen LogP contribution in [0.3, 0.4) is 0 Å². The maximum Gasteiger partial charge on any atom is 0.342 e. The summed E-state index contributed by atoms with van der Waals surface area (Å²) in [6.45, 7) is 8.39. The molecule has 4 aromatic carbocycles. The van der Waals surface area contributed by atoms with Gasteiger partial charge in [-0.2, -0.15) is 0 Å². The van der Waals surface area contributed by atoms with Gasteiger partial charge in [-0.1, -0.05) is 105 Å². The number of benzene rings is 4. The Bertz CT molecular complexity index is 1460. The molecule has 41 heavy (non-hydrogen) atoms. The van der Waals surface area contributed by atoms with Crippen molar-refractivity contribution in [1.82, 2.24) is 0 Å². The molecule has 1 atom stereocenters. The number of para-hydroxylation sites is 1. The van der Waals surface area contributed by atoms with Crippen molar-refractivity contribution in [2.24, 2.45) is 0 Å². The van der Waals surface area contributed by atoms with Gasteiger partial charge in [0.25, 0.3) is 0 Å². The normalized spacial score (nSPS) is 12.4. The second-order valence-electron chi connectivity index (χ2n) is 11.0. The molecule has 0 aliphatic heterocycles. The highest BCUT2D eigenvalue weighted by Gasteiger charge is 2.52. The molecular weight excluding hydrogens is 556 g/mol. The molecule has 6 nitrogen and oxygen atoms in total. The van der Waals surface area contributed by atoms with E-state index >= 15 is 0 Å². The maximum atomic E-state index is 12.8. The first-order chi connectivity index (χ1) is 19.5. The number of ether oxygens (including phenoxy) is 2. The fourth-order valence-corrected chi connectivity index (χ4v) is 9.75. The number of hydrogen-bond donors (Lipinski definition) is 2. The molecule has 0 aliphatic rings. The molecule has 4 rings (SSSR count). The highest BCUT2D eigenvalue weighted by Crippen LogP contribution is 2.41. The molecule has 4 aromatic rings. The number of rotatable bonds is 9. The number of phenolic OH excluding ortho intramolecular Hbond substituents is 2. The van der Waals surface area contributed by atoms with Crippen LogP contribution in [0, 0.1) is 0 Å². The van der Waals surface area contributed by atoms with Crippen molar-refractivity contribution in [2.75, 3.05) is 7.11 Å². The molecule has 0 saturated heterocycles. The molecule has 2 N–H and O–H groups in total. The van der Waals surface area contributed by atoms with Crippen molar-refractivity contribution < 1.29 is 28.9 Å². The van der Waals surface area contributed by atoms with E-state index in [9.17, 15) is 15.0 Å². The van der Waals surface area contributed by atoms with Crippen LogP contribution in [-0.2, 0) is 11.2 Å². The Morgan fingerprint density at radius 1 is 0.878 bits per heavy atom. The average molecular weight is 591 g/mol. The molecule has 1 unspecified atom stereocenters. The molecule has 214 valence electrons. The third kappa shape index (κ3) is 6.21. The number of carbonyl (C=O) groups is 1. The first-order valence-corrected chi connectivity index (χ1v) is 15.6. The van der Waals surface area contributed by atoms with Crippen LogP contribution in [0.15, 0.2) is 91.0 Å². The Labute approximate surface area is 247 Å². The van der Waals surface area contributed by atoms with Crippen molar-refractivity contribution in [1.29, 1.82) is 0 Å². The predicted octanol–water partition coefficient (Wildman–Crippen LogP) is 6.49. The van der Waals surface area contributed by atoms with Crippen LogP contribution < -0.4 is 19.5 Å². The van der Waals surface area contributed by atoms with Gasteiger partial charge in [-0.25, -0.2) is 4.79 Å². The highest BCUT2D eigenvalue weighted by molar-refractivity contribution is 7.00. The molecule has 0 heterocycles. The van der Waals surface area contributed by atoms with Gasteiger partial charge in [0.05, 0.1) is 12.1 Å². The van der Waals surface area contributed by atoms with E-state index in [-0.39, 0.29) is 21.4 Å². The number of halogens is 1. The van der Waals surface area contributed by atoms with Crippen LogP contribution in [0.4, 0.5) is 0 Å². The highest BCUT2D eigenvalue weighted by atomic mass is 35.5. The molecule has 0 spiro atoms. The number of phenols is 2. The zero-order valence-corrected chi connectivity index (χ0v) is 25.6. The van der Waals surface area contributed by atoms with E-state index in [2.05, 4.69) is 45.0 Å². The minimum Gasteiger partial charge on any atom is -0.531 e. The lowest BCUT2D eigenvalue weighted by Crippen LogP contribution is -2.68. The Balaban J connectivity index is 1.70. The molecule has 0 saturated carbocycles. The predicted molar refractivity (Wildman–Crippen MR) is 165 cm³/mol. The van der Waals surface area contributed by atoms with Gasteiger partial charge in [-0.15, -0.1) is 0 Å². The third-order valence-electron chi connectivity index (χ3n) is 7.05. The second-order valence-corrected chi connectivity index (χ2v) is 15.6. The van der Waals surface area contributed by atoms with Gasteiger partial charge in [0, 0.05) is 18.1 Å². The van der Waals surface area contributed by atoms with Gasteiger partial charge < -0.3 is 24.1 Å². The van der Waals surface area contributed by atoms with Crippen molar-refractivity contribution in [2.45, 2.75) is 45.3 Å². The van der Waals surface area contributed by atoms with Crippen LogP contribution in [0.5, 0.6) is 23.0 Å². The van der Waals surface area contributed by atoms with Gasteiger partial charge in [-0.3, -0.25) is 0 Å². The van der Waals surface area contributed by atoms with Gasteiger partial charge in [-0.05, 0) is 34.5 Å². The Morgan fingerprint density at radius 3 is 2.00 bits per heavy atom. The van der Waals surface area contributed by atoms with Crippen molar-refractivity contribution in [3.05, 3.63) is 107 Å². The van der Waals surface area contributed by atoms with E-state index in [1.54, 1.807) is 14.0 Å². The minimum atomic E-state index is -2.91. The van der Waals surface area contributed by atoms with E-state index in [0.717, 1.165) is 22.0 Å². The van der Waals surface area contributed by atoms with Crippen LogP contribution >= 0.6 is 11.6 Å². The van der Waals surface area contributed by atoms with E-state index in [0.29, 0.717) is 17.9 Å². The fraction of sp³-hybridized carbons (Fsp3) is 0.242. The van der Waals surface area contributed by atoms with Gasteiger partial charge in [0.15, 0.2) is 5.75 Å². The SMILES string of the molecule is COc1c(CC(C)OC(=O)c2cc(Cl)c(O)cc2O)cccc1O[Si](c1ccccc1)(c1ccccc1)C(C)(C)C.